The fourth-order valence-electron chi connectivity index (χ4n) is 1.75. The third kappa shape index (κ3) is 2.30. The second kappa shape index (κ2) is 4.81. The van der Waals surface area contributed by atoms with E-state index in [1.807, 2.05) is 20.9 Å². The topological polar surface area (TPSA) is 55.6 Å². The zero-order valence-electron chi connectivity index (χ0n) is 10.0. The van der Waals surface area contributed by atoms with Gasteiger partial charge in [0, 0.05) is 17.8 Å². The molecule has 0 aliphatic heterocycles. The van der Waals surface area contributed by atoms with Crippen molar-refractivity contribution in [1.82, 2.24) is 25.3 Å². The first kappa shape index (κ1) is 12.0. The Hall–Kier alpha value is -1.46. The zero-order valence-corrected chi connectivity index (χ0v) is 10.8. The van der Waals surface area contributed by atoms with Crippen LogP contribution in [0.15, 0.2) is 12.1 Å². The van der Waals surface area contributed by atoms with Crippen LogP contribution in [0.2, 0.25) is 5.15 Å². The van der Waals surface area contributed by atoms with Crippen LogP contribution in [-0.4, -0.2) is 27.0 Å². The summed E-state index contributed by atoms with van der Waals surface area (Å²) < 4.78 is 1.78. The van der Waals surface area contributed by atoms with Crippen LogP contribution in [0, 0.1) is 13.8 Å². The molecule has 2 aromatic heterocycles. The van der Waals surface area contributed by atoms with Crippen LogP contribution in [0.25, 0.3) is 5.82 Å². The van der Waals surface area contributed by atoms with Gasteiger partial charge in [-0.15, -0.1) is 10.2 Å². The maximum Gasteiger partial charge on any atom is 0.176 e. The predicted molar refractivity (Wildman–Crippen MR) is 66.4 cm³/mol. The van der Waals surface area contributed by atoms with E-state index in [1.54, 1.807) is 16.8 Å². The Morgan fingerprint density at radius 1 is 1.29 bits per heavy atom. The van der Waals surface area contributed by atoms with Crippen LogP contribution in [0.4, 0.5) is 0 Å². The highest BCUT2D eigenvalue weighted by Gasteiger charge is 2.12. The van der Waals surface area contributed by atoms with Gasteiger partial charge in [-0.05, 0) is 33.0 Å². The summed E-state index contributed by atoms with van der Waals surface area (Å²) in [5.74, 6) is 0.678. The summed E-state index contributed by atoms with van der Waals surface area (Å²) in [5.41, 5.74) is 3.24. The summed E-state index contributed by atoms with van der Waals surface area (Å²) >= 11 is 5.71. The Morgan fingerprint density at radius 2 is 2.06 bits per heavy atom. The van der Waals surface area contributed by atoms with E-state index in [-0.39, 0.29) is 0 Å². The Labute approximate surface area is 105 Å². The summed E-state index contributed by atoms with van der Waals surface area (Å²) in [7, 11) is 1.91. The van der Waals surface area contributed by atoms with Crippen molar-refractivity contribution in [2.45, 2.75) is 20.4 Å². The molecule has 0 atom stereocenters. The van der Waals surface area contributed by atoms with Gasteiger partial charge in [0.2, 0.25) is 0 Å². The molecule has 0 unspecified atom stereocenters. The number of rotatable bonds is 3. The van der Waals surface area contributed by atoms with Gasteiger partial charge in [-0.25, -0.2) is 4.68 Å². The first-order chi connectivity index (χ1) is 8.13. The molecule has 90 valence electrons. The standard InChI is InChI=1S/C11H14ClN5/c1-7-9(6-13-3)8(2)17(16-7)11-5-4-10(12)14-15-11/h4-5,13H,6H2,1-3H3. The van der Waals surface area contributed by atoms with E-state index in [2.05, 4.69) is 20.6 Å². The molecule has 0 aromatic carbocycles. The summed E-state index contributed by atoms with van der Waals surface area (Å²) in [4.78, 5) is 0. The van der Waals surface area contributed by atoms with Crippen molar-refractivity contribution in [2.75, 3.05) is 7.05 Å². The van der Waals surface area contributed by atoms with E-state index in [1.165, 1.54) is 5.56 Å². The lowest BCUT2D eigenvalue weighted by Gasteiger charge is -2.03. The molecule has 0 bridgehead atoms. The van der Waals surface area contributed by atoms with Crippen LogP contribution in [-0.2, 0) is 6.54 Å². The maximum atomic E-state index is 5.71. The van der Waals surface area contributed by atoms with Crippen LogP contribution in [0.1, 0.15) is 17.0 Å². The summed E-state index contributed by atoms with van der Waals surface area (Å²) in [6.45, 7) is 4.79. The molecule has 2 rings (SSSR count). The summed E-state index contributed by atoms with van der Waals surface area (Å²) in [6.07, 6.45) is 0. The van der Waals surface area contributed by atoms with Crippen molar-refractivity contribution in [3.63, 3.8) is 0 Å². The second-order valence-corrected chi connectivity index (χ2v) is 4.19. The fraction of sp³-hybridized carbons (Fsp3) is 0.364. The van der Waals surface area contributed by atoms with Gasteiger partial charge >= 0.3 is 0 Å². The van der Waals surface area contributed by atoms with Gasteiger partial charge in [0.05, 0.1) is 5.69 Å². The third-order valence-electron chi connectivity index (χ3n) is 2.63. The zero-order chi connectivity index (χ0) is 12.4. The Kier molecular flexibility index (Phi) is 3.40. The van der Waals surface area contributed by atoms with E-state index in [0.717, 1.165) is 17.9 Å². The third-order valence-corrected chi connectivity index (χ3v) is 2.83. The van der Waals surface area contributed by atoms with Crippen molar-refractivity contribution in [3.8, 4) is 5.82 Å². The lowest BCUT2D eigenvalue weighted by Crippen LogP contribution is -2.08. The lowest BCUT2D eigenvalue weighted by molar-refractivity contribution is 0.775. The van der Waals surface area contributed by atoms with Gasteiger partial charge in [-0.3, -0.25) is 0 Å². The molecule has 0 saturated heterocycles. The minimum atomic E-state index is 0.380. The van der Waals surface area contributed by atoms with Crippen LogP contribution >= 0.6 is 11.6 Å². The number of nitrogens with zero attached hydrogens (tertiary/aromatic N) is 4. The van der Waals surface area contributed by atoms with E-state index in [9.17, 15) is 0 Å². The lowest BCUT2D eigenvalue weighted by atomic mass is 10.2. The average Bonchev–Trinajstić information content (AvgIpc) is 2.59. The van der Waals surface area contributed by atoms with Crippen LogP contribution in [0.3, 0.4) is 0 Å². The predicted octanol–water partition coefficient (Wildman–Crippen LogP) is 1.65. The summed E-state index contributed by atoms with van der Waals surface area (Å²) in [6, 6.07) is 3.51. The van der Waals surface area contributed by atoms with Crippen molar-refractivity contribution in [1.29, 1.82) is 0 Å². The van der Waals surface area contributed by atoms with Gasteiger partial charge in [-0.2, -0.15) is 5.10 Å². The monoisotopic (exact) mass is 251 g/mol. The highest BCUT2D eigenvalue weighted by atomic mass is 35.5. The van der Waals surface area contributed by atoms with Crippen molar-refractivity contribution < 1.29 is 0 Å². The van der Waals surface area contributed by atoms with Gasteiger partial charge in [-0.1, -0.05) is 11.6 Å². The van der Waals surface area contributed by atoms with E-state index in [0.29, 0.717) is 11.0 Å². The Bertz CT molecular complexity index is 517. The molecule has 0 fully saturated rings. The quantitative estimate of drug-likeness (QED) is 0.901. The molecule has 2 heterocycles. The van der Waals surface area contributed by atoms with E-state index < -0.39 is 0 Å². The van der Waals surface area contributed by atoms with E-state index >= 15 is 0 Å². The molecule has 0 aliphatic carbocycles. The molecule has 0 spiro atoms. The molecular formula is C11H14ClN5. The number of aromatic nitrogens is 4. The first-order valence-corrected chi connectivity index (χ1v) is 5.70. The highest BCUT2D eigenvalue weighted by molar-refractivity contribution is 6.29. The number of hydrogen-bond acceptors (Lipinski definition) is 4. The molecular weight excluding hydrogens is 238 g/mol. The van der Waals surface area contributed by atoms with Crippen LogP contribution < -0.4 is 5.32 Å². The smallest absolute Gasteiger partial charge is 0.176 e. The van der Waals surface area contributed by atoms with Gasteiger partial charge < -0.3 is 5.32 Å². The maximum absolute atomic E-state index is 5.71. The molecule has 0 aliphatic rings. The second-order valence-electron chi connectivity index (χ2n) is 3.81. The minimum Gasteiger partial charge on any atom is -0.316 e. The van der Waals surface area contributed by atoms with Gasteiger partial charge in [0.15, 0.2) is 11.0 Å². The first-order valence-electron chi connectivity index (χ1n) is 5.32. The van der Waals surface area contributed by atoms with Crippen molar-refractivity contribution in [3.05, 3.63) is 34.2 Å². The highest BCUT2D eigenvalue weighted by Crippen LogP contribution is 2.16. The molecule has 6 heteroatoms. The largest absolute Gasteiger partial charge is 0.316 e. The molecule has 5 nitrogen and oxygen atoms in total. The average molecular weight is 252 g/mol. The minimum absolute atomic E-state index is 0.380. The van der Waals surface area contributed by atoms with Crippen molar-refractivity contribution in [2.24, 2.45) is 0 Å². The molecule has 17 heavy (non-hydrogen) atoms. The molecule has 0 saturated carbocycles. The van der Waals surface area contributed by atoms with Gasteiger partial charge in [0.25, 0.3) is 0 Å². The van der Waals surface area contributed by atoms with Crippen LogP contribution in [0.5, 0.6) is 0 Å². The molecule has 0 amide bonds. The molecule has 2 aromatic rings. The van der Waals surface area contributed by atoms with Crippen molar-refractivity contribution >= 4 is 11.6 Å². The number of aryl methyl sites for hydroxylation is 1. The number of hydrogen-bond donors (Lipinski definition) is 1. The fourth-order valence-corrected chi connectivity index (χ4v) is 1.85. The molecule has 1 N–H and O–H groups in total. The number of halogens is 1. The van der Waals surface area contributed by atoms with E-state index in [4.69, 9.17) is 11.6 Å². The van der Waals surface area contributed by atoms with Gasteiger partial charge in [0.1, 0.15) is 0 Å². The molecule has 0 radical (unpaired) electrons. The summed E-state index contributed by atoms with van der Waals surface area (Å²) in [5, 5.41) is 15.8. The normalized spacial score (nSPS) is 10.8. The Morgan fingerprint density at radius 3 is 2.65 bits per heavy atom. The Balaban J connectivity index is 2.46. The SMILES string of the molecule is CNCc1c(C)nn(-c2ccc(Cl)nn2)c1C. The number of nitrogens with one attached hydrogen (secondary N) is 1.